The lowest BCUT2D eigenvalue weighted by Crippen LogP contribution is -2.51. The lowest BCUT2D eigenvalue weighted by atomic mass is 10.1. The minimum absolute atomic E-state index is 0.0826. The number of piperazine rings is 2. The van der Waals surface area contributed by atoms with Crippen LogP contribution in [0.3, 0.4) is 0 Å². The van der Waals surface area contributed by atoms with Crippen molar-refractivity contribution >= 4 is 73.8 Å². The van der Waals surface area contributed by atoms with Crippen LogP contribution >= 0.6 is 0 Å². The van der Waals surface area contributed by atoms with Crippen LogP contribution in [-0.2, 0) is 0 Å². The van der Waals surface area contributed by atoms with E-state index in [2.05, 4.69) is 81.2 Å². The number of hydrogen-bond donors (Lipinski definition) is 10. The highest BCUT2D eigenvalue weighted by Gasteiger charge is 2.22. The first-order chi connectivity index (χ1) is 49.0. The molecule has 8 heterocycles. The molecule has 4 fully saturated rings. The molecule has 0 bridgehead atoms. The number of carbonyl (C=O) groups is 5. The van der Waals surface area contributed by atoms with E-state index < -0.39 is 0 Å². The Morgan fingerprint density at radius 3 is 0.740 bits per heavy atom. The molecule has 0 unspecified atom stereocenters. The van der Waals surface area contributed by atoms with E-state index in [9.17, 15) is 24.0 Å². The molecular weight excluding hydrogens is 1260 g/mol. The van der Waals surface area contributed by atoms with Gasteiger partial charge in [0.1, 0.15) is 23.3 Å². The summed E-state index contributed by atoms with van der Waals surface area (Å²) in [5, 5.41) is 18.4. The third-order valence-corrected chi connectivity index (χ3v) is 19.9. The van der Waals surface area contributed by atoms with E-state index in [1.54, 1.807) is 0 Å². The third-order valence-electron chi connectivity index (χ3n) is 19.9. The molecule has 520 valence electrons. The Kier molecular flexibility index (Phi) is 21.5. The van der Waals surface area contributed by atoms with Crippen molar-refractivity contribution in [3.63, 3.8) is 0 Å². The standard InChI is InChI=1S/C75H90N20O5/c96-71(76-23-33-90-29-3-1-4-30-90)55-15-19-59-63(47-55)86-67(82-59)51-7-11-53(12-8-51)69-84-61-21-17-57(49-65(61)88-69)73(98)78-25-35-92-39-43-94(44-40-92)37-27-80-75(100)81-28-38-95-45-41-93(42-46-95)36-26-79-74(99)58-18-22-62-66(50-58)89-70(85-62)54-13-9-52(10-14-54)68-83-60-20-16-56(48-64(60)87-68)72(97)77-24-34-91-31-5-2-6-32-91/h7-22,47-50H,1-6,23-46H2,(H,76,96)(H,77,97)(H,78,98)(H,79,99)(H,82,86)(H,83,87)(H,84,88)(H,85,89)(H2,80,81,100). The van der Waals surface area contributed by atoms with Crippen LogP contribution in [0.4, 0.5) is 4.79 Å². The molecule has 4 aromatic heterocycles. The van der Waals surface area contributed by atoms with Crippen molar-refractivity contribution in [2.45, 2.75) is 38.5 Å². The van der Waals surface area contributed by atoms with Crippen LogP contribution in [0.25, 0.3) is 89.7 Å². The Hall–Kier alpha value is -9.89. The molecule has 10 N–H and O–H groups in total. The fraction of sp³-hybridized carbons (Fsp3) is 0.400. The molecular formula is C75H90N20O5. The molecule has 6 aromatic carbocycles. The van der Waals surface area contributed by atoms with Crippen molar-refractivity contribution in [2.24, 2.45) is 0 Å². The maximum absolute atomic E-state index is 13.3. The quantitative estimate of drug-likeness (QED) is 0.0262. The molecule has 100 heavy (non-hydrogen) atoms. The second-order valence-electron chi connectivity index (χ2n) is 26.8. The Bertz CT molecular complexity index is 4190. The van der Waals surface area contributed by atoms with Gasteiger partial charge in [-0.15, -0.1) is 0 Å². The fourth-order valence-electron chi connectivity index (χ4n) is 14.0. The van der Waals surface area contributed by atoms with E-state index >= 15 is 0 Å². The predicted octanol–water partition coefficient (Wildman–Crippen LogP) is 6.99. The van der Waals surface area contributed by atoms with E-state index in [1.165, 1.54) is 38.5 Å². The largest absolute Gasteiger partial charge is 0.351 e. The first kappa shape index (κ1) is 67.3. The summed E-state index contributed by atoms with van der Waals surface area (Å²) in [6.07, 6.45) is 7.50. The number of benzene rings is 6. The fourth-order valence-corrected chi connectivity index (χ4v) is 14.0. The molecule has 0 saturated carbocycles. The van der Waals surface area contributed by atoms with Crippen molar-refractivity contribution in [1.82, 2.24) is 101 Å². The summed E-state index contributed by atoms with van der Waals surface area (Å²) in [6.45, 7) is 19.7. The number of nitrogens with zero attached hydrogens (tertiary/aromatic N) is 10. The number of rotatable bonds is 26. The Labute approximate surface area is 581 Å². The maximum atomic E-state index is 13.3. The van der Waals surface area contributed by atoms with E-state index in [0.29, 0.717) is 84.8 Å². The number of urea groups is 1. The maximum Gasteiger partial charge on any atom is 0.314 e. The van der Waals surface area contributed by atoms with Crippen LogP contribution in [0.1, 0.15) is 80.0 Å². The lowest BCUT2D eigenvalue weighted by molar-refractivity contribution is 0.0929. The Balaban J connectivity index is 0.439. The summed E-state index contributed by atoms with van der Waals surface area (Å²) in [5.41, 5.74) is 12.2. The molecule has 25 heteroatoms. The van der Waals surface area contributed by atoms with Gasteiger partial charge in [0.25, 0.3) is 23.6 Å². The minimum Gasteiger partial charge on any atom is -0.351 e. The van der Waals surface area contributed by atoms with Crippen molar-refractivity contribution in [3.05, 3.63) is 144 Å². The van der Waals surface area contributed by atoms with Crippen LogP contribution in [0.15, 0.2) is 121 Å². The summed E-state index contributed by atoms with van der Waals surface area (Å²) in [5.74, 6) is 2.40. The van der Waals surface area contributed by atoms with E-state index in [1.807, 2.05) is 121 Å². The summed E-state index contributed by atoms with van der Waals surface area (Å²) >= 11 is 0. The molecule has 4 aliphatic rings. The van der Waals surface area contributed by atoms with Gasteiger partial charge in [-0.25, -0.2) is 24.7 Å². The van der Waals surface area contributed by atoms with Gasteiger partial charge in [-0.05, 0) is 125 Å². The van der Waals surface area contributed by atoms with Gasteiger partial charge in [-0.2, -0.15) is 0 Å². The van der Waals surface area contributed by atoms with Crippen molar-refractivity contribution in [1.29, 1.82) is 0 Å². The minimum atomic E-state index is -0.158. The van der Waals surface area contributed by atoms with Gasteiger partial charge in [0, 0.05) is 175 Å². The molecule has 25 nitrogen and oxygen atoms in total. The number of carbonyl (C=O) groups excluding carboxylic acids is 5. The zero-order chi connectivity index (χ0) is 68.2. The van der Waals surface area contributed by atoms with Gasteiger partial charge in [0.15, 0.2) is 0 Å². The Morgan fingerprint density at radius 2 is 0.500 bits per heavy atom. The van der Waals surface area contributed by atoms with Crippen molar-refractivity contribution in [3.8, 4) is 45.6 Å². The second kappa shape index (κ2) is 32.0. The molecule has 4 aliphatic heterocycles. The van der Waals surface area contributed by atoms with Crippen LogP contribution in [-0.4, -0.2) is 256 Å². The smallest absolute Gasteiger partial charge is 0.314 e. The van der Waals surface area contributed by atoms with E-state index in [4.69, 9.17) is 19.9 Å². The number of likely N-dealkylation sites (tertiary alicyclic amines) is 2. The van der Waals surface area contributed by atoms with Gasteiger partial charge >= 0.3 is 6.03 Å². The molecule has 0 spiro atoms. The highest BCUT2D eigenvalue weighted by molar-refractivity contribution is 6.00. The second-order valence-corrected chi connectivity index (χ2v) is 26.8. The summed E-state index contributed by atoms with van der Waals surface area (Å²) in [6, 6.07) is 38.0. The molecule has 0 aliphatic carbocycles. The first-order valence-electron chi connectivity index (χ1n) is 35.7. The molecule has 0 atom stereocenters. The monoisotopic (exact) mass is 1350 g/mol. The molecule has 14 rings (SSSR count). The molecule has 6 amide bonds. The predicted molar refractivity (Wildman–Crippen MR) is 390 cm³/mol. The average molecular weight is 1350 g/mol. The number of aromatic amines is 4. The highest BCUT2D eigenvalue weighted by atomic mass is 16.2. The van der Waals surface area contributed by atoms with Crippen LogP contribution in [0.2, 0.25) is 0 Å². The van der Waals surface area contributed by atoms with Crippen LogP contribution < -0.4 is 31.9 Å². The van der Waals surface area contributed by atoms with Crippen molar-refractivity contribution in [2.75, 3.05) is 157 Å². The van der Waals surface area contributed by atoms with E-state index in [0.717, 1.165) is 184 Å². The zero-order valence-corrected chi connectivity index (χ0v) is 56.8. The SMILES string of the molecule is O=C(NCCN1CCN(CCNC(=O)c2ccc3nc(-c4ccc(-c5nc6ccc(C(=O)NCCN7CCCCC7)cc6[nH]5)cc4)[nH]c3c2)CC1)NCCN1CCN(CCNC(=O)c2ccc3nc(-c4ccc(-c5nc6ccc(C(=O)NCCN7CCCCC7)cc6[nH]5)cc4)[nH]c3c2)CC1. The number of aromatic nitrogens is 8. The summed E-state index contributed by atoms with van der Waals surface area (Å²) in [7, 11) is 0. The summed E-state index contributed by atoms with van der Waals surface area (Å²) in [4.78, 5) is 112. The van der Waals surface area contributed by atoms with Gasteiger partial charge in [0.2, 0.25) is 0 Å². The first-order valence-corrected chi connectivity index (χ1v) is 35.7. The molecule has 10 aromatic rings. The number of amides is 6. The number of hydrogen-bond acceptors (Lipinski definition) is 15. The van der Waals surface area contributed by atoms with Crippen molar-refractivity contribution < 1.29 is 24.0 Å². The number of fused-ring (bicyclic) bond motifs is 4. The van der Waals surface area contributed by atoms with Gasteiger partial charge in [-0.1, -0.05) is 61.4 Å². The molecule has 0 radical (unpaired) electrons. The lowest BCUT2D eigenvalue weighted by Gasteiger charge is -2.35. The topological polar surface area (TPSA) is 292 Å². The number of imidazole rings is 4. The molecule has 4 saturated heterocycles. The number of piperidine rings is 2. The third kappa shape index (κ3) is 17.0. The number of H-pyrrole nitrogens is 4. The van der Waals surface area contributed by atoms with Gasteiger partial charge in [0.05, 0.1) is 44.1 Å². The number of nitrogens with one attached hydrogen (secondary N) is 10. The zero-order valence-electron chi connectivity index (χ0n) is 56.8. The normalized spacial score (nSPS) is 16.3. The van der Waals surface area contributed by atoms with Gasteiger partial charge in [-0.3, -0.25) is 38.8 Å². The van der Waals surface area contributed by atoms with Crippen LogP contribution in [0.5, 0.6) is 0 Å². The van der Waals surface area contributed by atoms with E-state index in [-0.39, 0.29) is 29.7 Å². The highest BCUT2D eigenvalue weighted by Crippen LogP contribution is 2.29. The summed E-state index contributed by atoms with van der Waals surface area (Å²) < 4.78 is 0. The Morgan fingerprint density at radius 1 is 0.280 bits per heavy atom. The van der Waals surface area contributed by atoms with Crippen LogP contribution in [0, 0.1) is 0 Å². The average Bonchev–Trinajstić information content (AvgIpc) is 1.67. The van der Waals surface area contributed by atoms with Gasteiger partial charge < -0.3 is 61.6 Å².